The Bertz CT molecular complexity index is 730. The number of benzene rings is 1. The summed E-state index contributed by atoms with van der Waals surface area (Å²) in [6, 6.07) is 8.94. The third kappa shape index (κ3) is 3.50. The lowest BCUT2D eigenvalue weighted by molar-refractivity contribution is -0.150. The van der Waals surface area contributed by atoms with Crippen molar-refractivity contribution in [3.8, 4) is 6.07 Å². The number of rotatable bonds is 5. The molecule has 2 aromatic rings. The molecule has 0 saturated carbocycles. The molecule has 1 aromatic heterocycles. The number of esters is 1. The Hall–Kier alpha value is -2.23. The summed E-state index contributed by atoms with van der Waals surface area (Å²) in [5.74, 6) is -1.96. The standard InChI is InChI=1S/C15H14ClN3O3/c1-9(8-21-2)22-15(20)10(7-17)13-14(16)19-12-6-4-3-5-11(12)18-13/h3-6,9-10H,8H2,1-2H3. The van der Waals surface area contributed by atoms with Gasteiger partial charge in [-0.25, -0.2) is 9.97 Å². The maximum Gasteiger partial charge on any atom is 0.330 e. The highest BCUT2D eigenvalue weighted by Crippen LogP contribution is 2.25. The van der Waals surface area contributed by atoms with Gasteiger partial charge in [-0.2, -0.15) is 5.26 Å². The summed E-state index contributed by atoms with van der Waals surface area (Å²) < 4.78 is 10.0. The van der Waals surface area contributed by atoms with Crippen LogP contribution in [0.4, 0.5) is 0 Å². The quantitative estimate of drug-likeness (QED) is 0.787. The van der Waals surface area contributed by atoms with Crippen LogP contribution in [0.15, 0.2) is 24.3 Å². The summed E-state index contributed by atoms with van der Waals surface area (Å²) >= 11 is 6.06. The third-order valence-corrected chi connectivity index (χ3v) is 3.19. The smallest absolute Gasteiger partial charge is 0.330 e. The number of fused-ring (bicyclic) bond motifs is 1. The van der Waals surface area contributed by atoms with Gasteiger partial charge in [0.2, 0.25) is 0 Å². The fraction of sp³-hybridized carbons (Fsp3) is 0.333. The van der Waals surface area contributed by atoms with E-state index < -0.39 is 18.0 Å². The predicted molar refractivity (Wildman–Crippen MR) is 80.3 cm³/mol. The van der Waals surface area contributed by atoms with Gasteiger partial charge in [0.05, 0.1) is 23.7 Å². The van der Waals surface area contributed by atoms with Crippen LogP contribution in [0.1, 0.15) is 18.5 Å². The largest absolute Gasteiger partial charge is 0.459 e. The molecule has 6 nitrogen and oxygen atoms in total. The second-order valence-corrected chi connectivity index (χ2v) is 5.01. The number of aromatic nitrogens is 2. The molecule has 114 valence electrons. The van der Waals surface area contributed by atoms with Crippen LogP contribution in [0, 0.1) is 11.3 Å². The minimum atomic E-state index is -1.23. The first-order valence-electron chi connectivity index (χ1n) is 6.58. The van der Waals surface area contributed by atoms with Gasteiger partial charge in [0.25, 0.3) is 0 Å². The normalized spacial score (nSPS) is 13.4. The zero-order valence-corrected chi connectivity index (χ0v) is 12.9. The maximum absolute atomic E-state index is 12.1. The molecule has 22 heavy (non-hydrogen) atoms. The van der Waals surface area contributed by atoms with E-state index in [4.69, 9.17) is 21.1 Å². The molecule has 2 rings (SSSR count). The van der Waals surface area contributed by atoms with Crippen molar-refractivity contribution in [1.82, 2.24) is 9.97 Å². The van der Waals surface area contributed by atoms with Gasteiger partial charge in [0, 0.05) is 7.11 Å². The van der Waals surface area contributed by atoms with Gasteiger partial charge in [-0.05, 0) is 19.1 Å². The first kappa shape index (κ1) is 16.1. The van der Waals surface area contributed by atoms with Gasteiger partial charge in [0.15, 0.2) is 11.1 Å². The van der Waals surface area contributed by atoms with Gasteiger partial charge >= 0.3 is 5.97 Å². The average molecular weight is 320 g/mol. The summed E-state index contributed by atoms with van der Waals surface area (Å²) in [5.41, 5.74) is 1.24. The minimum absolute atomic E-state index is 0.0154. The van der Waals surface area contributed by atoms with Crippen LogP contribution < -0.4 is 0 Å². The highest BCUT2D eigenvalue weighted by atomic mass is 35.5. The van der Waals surface area contributed by atoms with Crippen molar-refractivity contribution >= 4 is 28.6 Å². The molecule has 0 N–H and O–H groups in total. The monoisotopic (exact) mass is 319 g/mol. The molecule has 7 heteroatoms. The lowest BCUT2D eigenvalue weighted by Crippen LogP contribution is -2.24. The van der Waals surface area contributed by atoms with Crippen molar-refractivity contribution in [3.63, 3.8) is 0 Å². The van der Waals surface area contributed by atoms with Gasteiger partial charge in [-0.1, -0.05) is 23.7 Å². The van der Waals surface area contributed by atoms with Crippen LogP contribution in [0.3, 0.4) is 0 Å². The molecule has 0 saturated heterocycles. The molecule has 0 aliphatic heterocycles. The highest BCUT2D eigenvalue weighted by molar-refractivity contribution is 6.30. The lowest BCUT2D eigenvalue weighted by atomic mass is 10.1. The van der Waals surface area contributed by atoms with E-state index in [-0.39, 0.29) is 17.5 Å². The Balaban J connectivity index is 2.33. The topological polar surface area (TPSA) is 85.1 Å². The van der Waals surface area contributed by atoms with Gasteiger partial charge in [-0.3, -0.25) is 4.79 Å². The van der Waals surface area contributed by atoms with Crippen LogP contribution in [0.25, 0.3) is 11.0 Å². The van der Waals surface area contributed by atoms with Crippen LogP contribution in [0.5, 0.6) is 0 Å². The van der Waals surface area contributed by atoms with Crippen LogP contribution in [0.2, 0.25) is 5.15 Å². The number of methoxy groups -OCH3 is 1. The number of hydrogen-bond acceptors (Lipinski definition) is 6. The molecule has 0 fully saturated rings. The Labute approximate surface area is 132 Å². The summed E-state index contributed by atoms with van der Waals surface area (Å²) in [6.45, 7) is 1.91. The van der Waals surface area contributed by atoms with Gasteiger partial charge in [-0.15, -0.1) is 0 Å². The van der Waals surface area contributed by atoms with Crippen LogP contribution in [-0.2, 0) is 14.3 Å². The van der Waals surface area contributed by atoms with Crippen molar-refractivity contribution in [2.75, 3.05) is 13.7 Å². The van der Waals surface area contributed by atoms with Crippen LogP contribution in [-0.4, -0.2) is 35.8 Å². The van der Waals surface area contributed by atoms with E-state index in [0.29, 0.717) is 11.0 Å². The Kier molecular flexibility index (Phi) is 5.26. The van der Waals surface area contributed by atoms with Crippen LogP contribution >= 0.6 is 11.6 Å². The van der Waals surface area contributed by atoms with Crippen molar-refractivity contribution < 1.29 is 14.3 Å². The Morgan fingerprint density at radius 3 is 2.59 bits per heavy atom. The molecule has 0 spiro atoms. The van der Waals surface area contributed by atoms with E-state index >= 15 is 0 Å². The molecule has 0 amide bonds. The Morgan fingerprint density at radius 2 is 2.00 bits per heavy atom. The zero-order chi connectivity index (χ0) is 16.1. The third-order valence-electron chi connectivity index (χ3n) is 2.91. The number of para-hydroxylation sites is 2. The first-order chi connectivity index (χ1) is 10.6. The molecule has 0 aliphatic carbocycles. The second kappa shape index (κ2) is 7.16. The fourth-order valence-corrected chi connectivity index (χ4v) is 2.18. The van der Waals surface area contributed by atoms with E-state index in [1.165, 1.54) is 7.11 Å². The summed E-state index contributed by atoms with van der Waals surface area (Å²) in [6.07, 6.45) is -0.472. The van der Waals surface area contributed by atoms with Crippen molar-refractivity contribution in [2.24, 2.45) is 0 Å². The van der Waals surface area contributed by atoms with E-state index in [1.54, 1.807) is 31.2 Å². The van der Waals surface area contributed by atoms with Crippen molar-refractivity contribution in [1.29, 1.82) is 5.26 Å². The van der Waals surface area contributed by atoms with Crippen molar-refractivity contribution in [3.05, 3.63) is 35.1 Å². The molecule has 1 aromatic carbocycles. The molecule has 2 unspecified atom stereocenters. The van der Waals surface area contributed by atoms with Gasteiger partial charge < -0.3 is 9.47 Å². The molecular formula is C15H14ClN3O3. The molecule has 0 radical (unpaired) electrons. The molecule has 0 aliphatic rings. The summed E-state index contributed by atoms with van der Waals surface area (Å²) in [7, 11) is 1.50. The first-order valence-corrected chi connectivity index (χ1v) is 6.95. The minimum Gasteiger partial charge on any atom is -0.459 e. The SMILES string of the molecule is COCC(C)OC(=O)C(C#N)c1nc2ccccc2nc1Cl. The molecule has 0 bridgehead atoms. The number of carbonyl (C=O) groups excluding carboxylic acids is 1. The number of ether oxygens (including phenoxy) is 2. The number of hydrogen-bond donors (Lipinski definition) is 0. The number of nitriles is 1. The molecular weight excluding hydrogens is 306 g/mol. The van der Waals surface area contributed by atoms with Gasteiger partial charge in [0.1, 0.15) is 11.8 Å². The van der Waals surface area contributed by atoms with E-state index in [1.807, 2.05) is 6.07 Å². The zero-order valence-electron chi connectivity index (χ0n) is 12.1. The van der Waals surface area contributed by atoms with E-state index in [2.05, 4.69) is 9.97 Å². The summed E-state index contributed by atoms with van der Waals surface area (Å²) in [5, 5.41) is 9.30. The predicted octanol–water partition coefficient (Wildman–Crippen LogP) is 2.47. The molecule has 1 heterocycles. The second-order valence-electron chi connectivity index (χ2n) is 4.65. The maximum atomic E-state index is 12.1. The van der Waals surface area contributed by atoms with Crippen molar-refractivity contribution in [2.45, 2.75) is 18.9 Å². The Morgan fingerprint density at radius 1 is 1.36 bits per heavy atom. The highest BCUT2D eigenvalue weighted by Gasteiger charge is 2.28. The summed E-state index contributed by atoms with van der Waals surface area (Å²) in [4.78, 5) is 20.6. The fourth-order valence-electron chi connectivity index (χ4n) is 1.94. The average Bonchev–Trinajstić information content (AvgIpc) is 2.48. The number of nitrogens with zero attached hydrogens (tertiary/aromatic N) is 3. The molecule has 2 atom stereocenters. The van der Waals surface area contributed by atoms with E-state index in [9.17, 15) is 10.1 Å². The number of carbonyl (C=O) groups is 1. The lowest BCUT2D eigenvalue weighted by Gasteiger charge is -2.15. The van der Waals surface area contributed by atoms with E-state index in [0.717, 1.165) is 0 Å². The number of halogens is 1.